The summed E-state index contributed by atoms with van der Waals surface area (Å²) in [4.78, 5) is 10.2. The number of rotatable bonds is 3. The molecular formula is C7H9NO2. The van der Waals surface area contributed by atoms with Gasteiger partial charge in [0.05, 0.1) is 12.0 Å². The summed E-state index contributed by atoms with van der Waals surface area (Å²) in [6.45, 7) is 1.60. The highest BCUT2D eigenvalue weighted by atomic mass is 16.4. The van der Waals surface area contributed by atoms with Crippen LogP contribution in [0.4, 0.5) is 0 Å². The zero-order valence-electron chi connectivity index (χ0n) is 5.74. The molecule has 1 atom stereocenters. The van der Waals surface area contributed by atoms with Crippen molar-refractivity contribution in [1.82, 2.24) is 0 Å². The van der Waals surface area contributed by atoms with Crippen LogP contribution in [0.5, 0.6) is 0 Å². The van der Waals surface area contributed by atoms with Gasteiger partial charge in [-0.15, -0.1) is 0 Å². The van der Waals surface area contributed by atoms with E-state index >= 15 is 0 Å². The number of allylic oxidation sites excluding steroid dienone is 2. The third kappa shape index (κ3) is 3.67. The van der Waals surface area contributed by atoms with Crippen LogP contribution in [0.1, 0.15) is 13.3 Å². The van der Waals surface area contributed by atoms with Crippen molar-refractivity contribution in [2.45, 2.75) is 13.3 Å². The van der Waals surface area contributed by atoms with Crippen molar-refractivity contribution >= 4 is 5.97 Å². The van der Waals surface area contributed by atoms with E-state index < -0.39 is 11.9 Å². The predicted octanol–water partition coefficient (Wildman–Crippen LogP) is 1.18. The fraction of sp³-hybridized carbons (Fsp3) is 0.429. The first-order chi connectivity index (χ1) is 4.68. The van der Waals surface area contributed by atoms with E-state index in [-0.39, 0.29) is 0 Å². The van der Waals surface area contributed by atoms with Crippen LogP contribution < -0.4 is 0 Å². The maximum atomic E-state index is 10.2. The number of nitrogens with zero attached hydrogens (tertiary/aromatic N) is 1. The lowest BCUT2D eigenvalue weighted by molar-refractivity contribution is -0.140. The number of hydrogen-bond acceptors (Lipinski definition) is 2. The summed E-state index contributed by atoms with van der Waals surface area (Å²) >= 11 is 0. The Morgan fingerprint density at radius 2 is 2.50 bits per heavy atom. The Kier molecular flexibility index (Phi) is 3.97. The molecule has 1 N–H and O–H groups in total. The number of carboxylic acid groups (broad SMARTS) is 1. The maximum Gasteiger partial charge on any atom is 0.306 e. The highest BCUT2D eigenvalue weighted by Crippen LogP contribution is 2.01. The van der Waals surface area contributed by atoms with Gasteiger partial charge in [-0.2, -0.15) is 5.26 Å². The Bertz CT molecular complexity index is 179. The lowest BCUT2D eigenvalue weighted by Crippen LogP contribution is -2.07. The second-order valence-electron chi connectivity index (χ2n) is 2.01. The van der Waals surface area contributed by atoms with Crippen LogP contribution in [0.3, 0.4) is 0 Å². The van der Waals surface area contributed by atoms with Crippen molar-refractivity contribution in [3.63, 3.8) is 0 Å². The lowest BCUT2D eigenvalue weighted by atomic mass is 10.1. The third-order valence-corrected chi connectivity index (χ3v) is 1.10. The highest BCUT2D eigenvalue weighted by molar-refractivity contribution is 5.69. The topological polar surface area (TPSA) is 61.1 Å². The summed E-state index contributed by atoms with van der Waals surface area (Å²) in [7, 11) is 0. The van der Waals surface area contributed by atoms with Gasteiger partial charge >= 0.3 is 5.97 Å². The minimum absolute atomic E-state index is 0.399. The Balaban J connectivity index is 3.61. The molecular weight excluding hydrogens is 130 g/mol. The van der Waals surface area contributed by atoms with Crippen molar-refractivity contribution in [2.75, 3.05) is 0 Å². The van der Waals surface area contributed by atoms with E-state index in [4.69, 9.17) is 10.4 Å². The van der Waals surface area contributed by atoms with Crippen molar-refractivity contribution in [1.29, 1.82) is 5.26 Å². The third-order valence-electron chi connectivity index (χ3n) is 1.10. The first-order valence-corrected chi connectivity index (χ1v) is 2.96. The molecule has 0 aromatic heterocycles. The molecule has 0 saturated carbocycles. The standard InChI is InChI=1S/C7H9NO2/c1-6(7(9)10)4-2-3-5-8/h2-3,6H,4H2,1H3,(H,9,10). The molecule has 0 radical (unpaired) electrons. The molecule has 0 bridgehead atoms. The average molecular weight is 139 g/mol. The van der Waals surface area contributed by atoms with Crippen LogP contribution in [0.2, 0.25) is 0 Å². The molecule has 10 heavy (non-hydrogen) atoms. The SMILES string of the molecule is CC(CC=CC#N)C(=O)O. The first-order valence-electron chi connectivity index (χ1n) is 2.96. The second-order valence-corrected chi connectivity index (χ2v) is 2.01. The smallest absolute Gasteiger partial charge is 0.306 e. The van der Waals surface area contributed by atoms with Gasteiger partial charge in [0, 0.05) is 6.08 Å². The summed E-state index contributed by atoms with van der Waals surface area (Å²) in [6.07, 6.45) is 3.26. The van der Waals surface area contributed by atoms with Gasteiger partial charge in [0.2, 0.25) is 0 Å². The van der Waals surface area contributed by atoms with Gasteiger partial charge in [0.1, 0.15) is 0 Å². The Morgan fingerprint density at radius 1 is 1.90 bits per heavy atom. The molecule has 3 heteroatoms. The molecule has 0 aromatic carbocycles. The van der Waals surface area contributed by atoms with E-state index in [1.54, 1.807) is 19.1 Å². The number of hydrogen-bond donors (Lipinski definition) is 1. The van der Waals surface area contributed by atoms with Gasteiger partial charge in [-0.1, -0.05) is 13.0 Å². The molecule has 0 heterocycles. The summed E-state index contributed by atoms with van der Waals surface area (Å²) < 4.78 is 0. The molecule has 1 unspecified atom stereocenters. The zero-order chi connectivity index (χ0) is 7.98. The lowest BCUT2D eigenvalue weighted by Gasteiger charge is -1.98. The van der Waals surface area contributed by atoms with E-state index in [2.05, 4.69) is 0 Å². The van der Waals surface area contributed by atoms with Crippen LogP contribution in [0.15, 0.2) is 12.2 Å². The molecule has 54 valence electrons. The van der Waals surface area contributed by atoms with Gasteiger partial charge < -0.3 is 5.11 Å². The van der Waals surface area contributed by atoms with Gasteiger partial charge in [0.25, 0.3) is 0 Å². The van der Waals surface area contributed by atoms with E-state index in [1.165, 1.54) is 6.08 Å². The van der Waals surface area contributed by atoms with E-state index in [0.717, 1.165) is 0 Å². The van der Waals surface area contributed by atoms with Crippen LogP contribution in [-0.4, -0.2) is 11.1 Å². The minimum Gasteiger partial charge on any atom is -0.481 e. The molecule has 0 spiro atoms. The molecule has 0 saturated heterocycles. The minimum atomic E-state index is -0.831. The molecule has 0 aliphatic carbocycles. The van der Waals surface area contributed by atoms with Crippen molar-refractivity contribution in [3.8, 4) is 6.07 Å². The highest BCUT2D eigenvalue weighted by Gasteiger charge is 2.06. The average Bonchev–Trinajstić information content (AvgIpc) is 1.88. The summed E-state index contributed by atoms with van der Waals surface area (Å²) in [6, 6.07) is 1.79. The second kappa shape index (κ2) is 4.57. The molecule has 0 aliphatic heterocycles. The Labute approximate surface area is 59.6 Å². The molecule has 3 nitrogen and oxygen atoms in total. The van der Waals surface area contributed by atoms with Gasteiger partial charge in [-0.05, 0) is 6.42 Å². The van der Waals surface area contributed by atoms with Crippen LogP contribution in [0, 0.1) is 17.2 Å². The van der Waals surface area contributed by atoms with Crippen molar-refractivity contribution < 1.29 is 9.90 Å². The summed E-state index contributed by atoms with van der Waals surface area (Å²) in [5.74, 6) is -1.23. The molecule has 0 aliphatic rings. The zero-order valence-corrected chi connectivity index (χ0v) is 5.74. The van der Waals surface area contributed by atoms with Gasteiger partial charge in [0.15, 0.2) is 0 Å². The molecule has 0 fully saturated rings. The normalized spacial score (nSPS) is 12.8. The van der Waals surface area contributed by atoms with Gasteiger partial charge in [-0.25, -0.2) is 0 Å². The first kappa shape index (κ1) is 8.70. The molecule has 0 aromatic rings. The number of carboxylic acids is 1. The van der Waals surface area contributed by atoms with E-state index in [9.17, 15) is 4.79 Å². The van der Waals surface area contributed by atoms with Crippen LogP contribution in [-0.2, 0) is 4.79 Å². The van der Waals surface area contributed by atoms with E-state index in [0.29, 0.717) is 6.42 Å². The molecule has 0 rings (SSSR count). The number of aliphatic carboxylic acids is 1. The monoisotopic (exact) mass is 139 g/mol. The summed E-state index contributed by atoms with van der Waals surface area (Å²) in [5, 5.41) is 16.4. The number of nitriles is 1. The van der Waals surface area contributed by atoms with Crippen LogP contribution in [0.25, 0.3) is 0 Å². The molecule has 0 amide bonds. The fourth-order valence-corrected chi connectivity index (χ4v) is 0.426. The largest absolute Gasteiger partial charge is 0.481 e. The number of carbonyl (C=O) groups is 1. The maximum absolute atomic E-state index is 10.2. The Hall–Kier alpha value is -1.30. The van der Waals surface area contributed by atoms with Crippen LogP contribution >= 0.6 is 0 Å². The Morgan fingerprint density at radius 3 is 2.90 bits per heavy atom. The quantitative estimate of drug-likeness (QED) is 0.597. The van der Waals surface area contributed by atoms with Gasteiger partial charge in [-0.3, -0.25) is 4.79 Å². The summed E-state index contributed by atoms with van der Waals surface area (Å²) in [5.41, 5.74) is 0. The van der Waals surface area contributed by atoms with E-state index in [1.807, 2.05) is 0 Å². The predicted molar refractivity (Wildman–Crippen MR) is 36.2 cm³/mol. The fourth-order valence-electron chi connectivity index (χ4n) is 0.426. The van der Waals surface area contributed by atoms with Crippen molar-refractivity contribution in [3.05, 3.63) is 12.2 Å². The van der Waals surface area contributed by atoms with Crippen molar-refractivity contribution in [2.24, 2.45) is 5.92 Å².